The molecule has 0 atom stereocenters. The van der Waals surface area contributed by atoms with E-state index in [9.17, 15) is 4.79 Å². The van der Waals surface area contributed by atoms with Gasteiger partial charge in [0.15, 0.2) is 5.13 Å². The van der Waals surface area contributed by atoms with Crippen LogP contribution in [0.2, 0.25) is 0 Å². The fraction of sp³-hybridized carbons (Fsp3) is 0.364. The molecule has 2 aromatic rings. The second-order valence-corrected chi connectivity index (χ2v) is 4.79. The molecule has 0 unspecified atom stereocenters. The molecule has 17 heavy (non-hydrogen) atoms. The number of carbonyl (C=O) groups excluding carboxylic acids is 1. The largest absolute Gasteiger partial charge is 0.302 e. The number of carbonyl (C=O) groups is 1. The zero-order valence-corrected chi connectivity index (χ0v) is 10.8. The molecular weight excluding hydrogens is 236 g/mol. The van der Waals surface area contributed by atoms with E-state index in [1.54, 1.807) is 0 Å². The van der Waals surface area contributed by atoms with E-state index in [1.807, 2.05) is 26.2 Å². The third kappa shape index (κ3) is 2.71. The second kappa shape index (κ2) is 4.67. The van der Waals surface area contributed by atoms with Crippen molar-refractivity contribution >= 4 is 22.4 Å². The van der Waals surface area contributed by atoms with E-state index in [-0.39, 0.29) is 5.91 Å². The van der Waals surface area contributed by atoms with Gasteiger partial charge < -0.3 is 5.32 Å². The summed E-state index contributed by atoms with van der Waals surface area (Å²) in [6.45, 7) is 5.70. The van der Waals surface area contributed by atoms with Crippen LogP contribution >= 0.6 is 11.3 Å². The van der Waals surface area contributed by atoms with Gasteiger partial charge in [-0.2, -0.15) is 5.10 Å². The Kier molecular flexibility index (Phi) is 3.23. The number of aromatic nitrogens is 3. The maximum Gasteiger partial charge on any atom is 0.230 e. The van der Waals surface area contributed by atoms with Gasteiger partial charge in [0.1, 0.15) is 0 Å². The molecule has 0 aromatic carbocycles. The number of thiazole rings is 1. The fourth-order valence-corrected chi connectivity index (χ4v) is 2.27. The SMILES string of the molecule is Cc1csc(NC(=O)Cc2c(C)n[nH]c2C)n1. The third-order valence-corrected chi connectivity index (χ3v) is 3.36. The summed E-state index contributed by atoms with van der Waals surface area (Å²) in [7, 11) is 0. The first kappa shape index (κ1) is 11.8. The molecule has 0 saturated heterocycles. The zero-order valence-electron chi connectivity index (χ0n) is 10.00. The number of hydrogen-bond donors (Lipinski definition) is 2. The Morgan fingerprint density at radius 1 is 1.47 bits per heavy atom. The Morgan fingerprint density at radius 2 is 2.24 bits per heavy atom. The molecule has 0 aliphatic rings. The van der Waals surface area contributed by atoms with E-state index in [2.05, 4.69) is 20.5 Å². The predicted octanol–water partition coefficient (Wildman–Crippen LogP) is 1.97. The number of amides is 1. The van der Waals surface area contributed by atoms with Crippen LogP contribution in [-0.4, -0.2) is 21.1 Å². The standard InChI is InChI=1S/C11H14N4OS/c1-6-5-17-11(12-6)13-10(16)4-9-7(2)14-15-8(9)3/h5H,4H2,1-3H3,(H,14,15)(H,12,13,16). The summed E-state index contributed by atoms with van der Waals surface area (Å²) < 4.78 is 0. The van der Waals surface area contributed by atoms with Gasteiger partial charge in [-0.25, -0.2) is 4.98 Å². The zero-order chi connectivity index (χ0) is 12.4. The minimum atomic E-state index is -0.0630. The molecule has 2 N–H and O–H groups in total. The predicted molar refractivity (Wildman–Crippen MR) is 67.2 cm³/mol. The molecule has 0 bridgehead atoms. The number of H-pyrrole nitrogens is 1. The molecule has 90 valence electrons. The average Bonchev–Trinajstić information content (AvgIpc) is 2.79. The van der Waals surface area contributed by atoms with Crippen molar-refractivity contribution in [3.05, 3.63) is 28.0 Å². The van der Waals surface area contributed by atoms with Crippen LogP contribution in [0.25, 0.3) is 0 Å². The topological polar surface area (TPSA) is 70.7 Å². The highest BCUT2D eigenvalue weighted by Crippen LogP contribution is 2.16. The molecule has 0 saturated carbocycles. The van der Waals surface area contributed by atoms with Crippen LogP contribution in [-0.2, 0) is 11.2 Å². The first-order chi connectivity index (χ1) is 8.06. The Morgan fingerprint density at radius 3 is 2.76 bits per heavy atom. The van der Waals surface area contributed by atoms with Crippen molar-refractivity contribution in [3.8, 4) is 0 Å². The van der Waals surface area contributed by atoms with Gasteiger partial charge in [0.25, 0.3) is 0 Å². The lowest BCUT2D eigenvalue weighted by Gasteiger charge is -2.01. The van der Waals surface area contributed by atoms with E-state index in [0.717, 1.165) is 22.6 Å². The van der Waals surface area contributed by atoms with E-state index in [0.29, 0.717) is 11.6 Å². The number of aryl methyl sites for hydroxylation is 3. The summed E-state index contributed by atoms with van der Waals surface area (Å²) in [4.78, 5) is 16.0. The molecule has 5 nitrogen and oxygen atoms in total. The van der Waals surface area contributed by atoms with E-state index < -0.39 is 0 Å². The third-order valence-electron chi connectivity index (χ3n) is 2.48. The van der Waals surface area contributed by atoms with Crippen LogP contribution in [0.1, 0.15) is 22.6 Å². The molecule has 2 aromatic heterocycles. The lowest BCUT2D eigenvalue weighted by Crippen LogP contribution is -2.15. The van der Waals surface area contributed by atoms with Crippen molar-refractivity contribution in [3.63, 3.8) is 0 Å². The van der Waals surface area contributed by atoms with E-state index >= 15 is 0 Å². The van der Waals surface area contributed by atoms with Crippen LogP contribution in [0.5, 0.6) is 0 Å². The van der Waals surface area contributed by atoms with Crippen LogP contribution in [0, 0.1) is 20.8 Å². The normalized spacial score (nSPS) is 10.5. The maximum absolute atomic E-state index is 11.8. The van der Waals surface area contributed by atoms with Gasteiger partial charge in [-0.15, -0.1) is 11.3 Å². The quantitative estimate of drug-likeness (QED) is 0.875. The second-order valence-electron chi connectivity index (χ2n) is 3.93. The maximum atomic E-state index is 11.8. The van der Waals surface area contributed by atoms with Gasteiger partial charge in [-0.05, 0) is 20.8 Å². The number of nitrogens with one attached hydrogen (secondary N) is 2. The monoisotopic (exact) mass is 250 g/mol. The molecule has 2 rings (SSSR count). The first-order valence-electron chi connectivity index (χ1n) is 5.28. The highest BCUT2D eigenvalue weighted by molar-refractivity contribution is 7.13. The van der Waals surface area contributed by atoms with Crippen LogP contribution in [0.3, 0.4) is 0 Å². The number of rotatable bonds is 3. The smallest absolute Gasteiger partial charge is 0.230 e. The highest BCUT2D eigenvalue weighted by Gasteiger charge is 2.12. The van der Waals surface area contributed by atoms with Gasteiger partial charge >= 0.3 is 0 Å². The Balaban J connectivity index is 2.03. The number of hydrogen-bond acceptors (Lipinski definition) is 4. The van der Waals surface area contributed by atoms with Crippen molar-refractivity contribution in [2.75, 3.05) is 5.32 Å². The highest BCUT2D eigenvalue weighted by atomic mass is 32.1. The summed E-state index contributed by atoms with van der Waals surface area (Å²) >= 11 is 1.43. The minimum absolute atomic E-state index is 0.0630. The lowest BCUT2D eigenvalue weighted by atomic mass is 10.1. The number of nitrogens with zero attached hydrogens (tertiary/aromatic N) is 2. The van der Waals surface area contributed by atoms with E-state index in [4.69, 9.17) is 0 Å². The molecule has 1 amide bonds. The molecule has 2 heterocycles. The fourth-order valence-electron chi connectivity index (χ4n) is 1.57. The molecular formula is C11H14N4OS. The molecule has 0 radical (unpaired) electrons. The van der Waals surface area contributed by atoms with Crippen LogP contribution in [0.4, 0.5) is 5.13 Å². The Hall–Kier alpha value is -1.69. The van der Waals surface area contributed by atoms with Crippen molar-refractivity contribution in [2.45, 2.75) is 27.2 Å². The number of anilines is 1. The average molecular weight is 250 g/mol. The van der Waals surface area contributed by atoms with Gasteiger partial charge in [0.2, 0.25) is 5.91 Å². The number of aromatic amines is 1. The van der Waals surface area contributed by atoms with Crippen LogP contribution < -0.4 is 5.32 Å². The van der Waals surface area contributed by atoms with Gasteiger partial charge in [0.05, 0.1) is 17.8 Å². The summed E-state index contributed by atoms with van der Waals surface area (Å²) in [5.41, 5.74) is 3.68. The van der Waals surface area contributed by atoms with E-state index in [1.165, 1.54) is 11.3 Å². The summed E-state index contributed by atoms with van der Waals surface area (Å²) in [5, 5.41) is 12.3. The van der Waals surface area contributed by atoms with Crippen LogP contribution in [0.15, 0.2) is 5.38 Å². The molecule has 0 aliphatic heterocycles. The molecule has 6 heteroatoms. The van der Waals surface area contributed by atoms with Crippen molar-refractivity contribution < 1.29 is 4.79 Å². The first-order valence-corrected chi connectivity index (χ1v) is 6.16. The minimum Gasteiger partial charge on any atom is -0.302 e. The summed E-state index contributed by atoms with van der Waals surface area (Å²) in [6.07, 6.45) is 0.326. The summed E-state index contributed by atoms with van der Waals surface area (Å²) in [5.74, 6) is -0.0630. The van der Waals surface area contributed by atoms with Crippen molar-refractivity contribution in [2.24, 2.45) is 0 Å². The summed E-state index contributed by atoms with van der Waals surface area (Å²) in [6, 6.07) is 0. The molecule has 0 spiro atoms. The van der Waals surface area contributed by atoms with Gasteiger partial charge in [-0.3, -0.25) is 9.89 Å². The molecule has 0 aliphatic carbocycles. The van der Waals surface area contributed by atoms with Gasteiger partial charge in [0, 0.05) is 16.6 Å². The Labute approximate surface area is 103 Å². The molecule has 0 fully saturated rings. The van der Waals surface area contributed by atoms with Crippen molar-refractivity contribution in [1.82, 2.24) is 15.2 Å². The van der Waals surface area contributed by atoms with Gasteiger partial charge in [-0.1, -0.05) is 0 Å². The Bertz CT molecular complexity index is 524. The lowest BCUT2D eigenvalue weighted by molar-refractivity contribution is -0.115. The van der Waals surface area contributed by atoms with Crippen molar-refractivity contribution in [1.29, 1.82) is 0 Å².